The molecule has 2 unspecified atom stereocenters. The van der Waals surface area contributed by atoms with Gasteiger partial charge in [0.15, 0.2) is 0 Å². The van der Waals surface area contributed by atoms with Crippen molar-refractivity contribution in [1.82, 2.24) is 15.5 Å². The molecule has 2 atom stereocenters. The summed E-state index contributed by atoms with van der Waals surface area (Å²) < 4.78 is 5.26. The monoisotopic (exact) mass is 364 g/mol. The summed E-state index contributed by atoms with van der Waals surface area (Å²) in [6.07, 6.45) is 3.62. The minimum atomic E-state index is -0.745. The van der Waals surface area contributed by atoms with Crippen LogP contribution in [0.1, 0.15) is 53.4 Å². The zero-order valence-electron chi connectivity index (χ0n) is 16.4. The summed E-state index contributed by atoms with van der Waals surface area (Å²) >= 11 is 0. The van der Waals surface area contributed by atoms with Gasteiger partial charge in [-0.05, 0) is 71.8 Å². The van der Waals surface area contributed by atoms with Gasteiger partial charge in [-0.15, -0.1) is 0 Å². The number of amides is 2. The molecule has 1 heterocycles. The Bertz CT molecular complexity index is 562. The van der Waals surface area contributed by atoms with Crippen molar-refractivity contribution in [1.29, 1.82) is 5.26 Å². The summed E-state index contributed by atoms with van der Waals surface area (Å²) in [4.78, 5) is 26.2. The maximum atomic E-state index is 12.4. The molecule has 26 heavy (non-hydrogen) atoms. The summed E-state index contributed by atoms with van der Waals surface area (Å²) in [5.74, 6) is 0.486. The van der Waals surface area contributed by atoms with Gasteiger partial charge in [-0.2, -0.15) is 5.26 Å². The molecule has 0 spiro atoms. The van der Waals surface area contributed by atoms with Gasteiger partial charge in [-0.3, -0.25) is 9.69 Å². The zero-order valence-corrected chi connectivity index (χ0v) is 16.4. The predicted octanol–water partition coefficient (Wildman–Crippen LogP) is 2.03. The minimum absolute atomic E-state index is 0.0956. The average molecular weight is 364 g/mol. The number of hydrogen-bond donors (Lipinski definition) is 2. The number of hydrogen-bond acceptors (Lipinski definition) is 5. The van der Waals surface area contributed by atoms with Crippen molar-refractivity contribution in [2.75, 3.05) is 26.2 Å². The van der Waals surface area contributed by atoms with Gasteiger partial charge in [0.05, 0.1) is 12.6 Å². The molecule has 146 valence electrons. The summed E-state index contributed by atoms with van der Waals surface area (Å²) in [7, 11) is 0. The van der Waals surface area contributed by atoms with E-state index in [4.69, 9.17) is 4.74 Å². The highest BCUT2D eigenvalue weighted by Crippen LogP contribution is 2.39. The number of likely N-dealkylation sites (tertiary alicyclic amines) is 1. The number of rotatable bonds is 6. The lowest BCUT2D eigenvalue weighted by Crippen LogP contribution is -2.52. The third-order valence-electron chi connectivity index (χ3n) is 4.93. The SMILES string of the molecule is CC(C)(C)OC(=O)NCC1CCCN(CC(=O)NC(C)(C#N)C2CC2)C1. The zero-order chi connectivity index (χ0) is 19.4. The van der Waals surface area contributed by atoms with Gasteiger partial charge in [-0.1, -0.05) is 0 Å². The van der Waals surface area contributed by atoms with Gasteiger partial charge in [0.2, 0.25) is 5.91 Å². The largest absolute Gasteiger partial charge is 0.444 e. The molecule has 0 aromatic heterocycles. The lowest BCUT2D eigenvalue weighted by Gasteiger charge is -2.33. The predicted molar refractivity (Wildman–Crippen MR) is 98.3 cm³/mol. The van der Waals surface area contributed by atoms with Crippen LogP contribution in [0.4, 0.5) is 4.79 Å². The number of alkyl carbamates (subject to hydrolysis) is 1. The fourth-order valence-corrected chi connectivity index (χ4v) is 3.42. The maximum Gasteiger partial charge on any atom is 0.407 e. The Labute approximate surface area is 156 Å². The standard InChI is InChI=1S/C19H32N4O3/c1-18(2,3)26-17(25)21-10-14-6-5-9-23(11-14)12-16(24)22-19(4,13-20)15-7-8-15/h14-15H,5-12H2,1-4H3,(H,21,25)(H,22,24). The van der Waals surface area contributed by atoms with E-state index in [1.165, 1.54) is 0 Å². The van der Waals surface area contributed by atoms with Crippen molar-refractivity contribution in [3.8, 4) is 6.07 Å². The van der Waals surface area contributed by atoms with Crippen LogP contribution in [0, 0.1) is 23.2 Å². The van der Waals surface area contributed by atoms with Crippen LogP contribution in [-0.4, -0.2) is 54.2 Å². The molecule has 1 aliphatic carbocycles. The smallest absolute Gasteiger partial charge is 0.407 e. The second kappa shape index (κ2) is 8.26. The molecule has 0 aromatic rings. The first-order valence-corrected chi connectivity index (χ1v) is 9.53. The van der Waals surface area contributed by atoms with E-state index < -0.39 is 17.2 Å². The van der Waals surface area contributed by atoms with E-state index in [9.17, 15) is 14.9 Å². The molecule has 0 radical (unpaired) electrons. The topological polar surface area (TPSA) is 94.5 Å². The lowest BCUT2D eigenvalue weighted by atomic mass is 9.97. The first kappa shape index (κ1) is 20.5. The molecular formula is C19H32N4O3. The molecule has 1 aliphatic heterocycles. The Kier molecular flexibility index (Phi) is 6.51. The second-order valence-electron chi connectivity index (χ2n) is 8.76. The Morgan fingerprint density at radius 2 is 1.92 bits per heavy atom. The Hall–Kier alpha value is -1.81. The number of nitrogens with one attached hydrogen (secondary N) is 2. The van der Waals surface area contributed by atoms with E-state index in [1.807, 2.05) is 27.7 Å². The number of carbonyl (C=O) groups is 2. The first-order valence-electron chi connectivity index (χ1n) is 9.53. The van der Waals surface area contributed by atoms with Crippen molar-refractivity contribution >= 4 is 12.0 Å². The van der Waals surface area contributed by atoms with E-state index in [0.717, 1.165) is 38.8 Å². The Balaban J connectivity index is 1.74. The van der Waals surface area contributed by atoms with Crippen molar-refractivity contribution < 1.29 is 14.3 Å². The van der Waals surface area contributed by atoms with Crippen LogP contribution in [0.5, 0.6) is 0 Å². The molecule has 2 fully saturated rings. The van der Waals surface area contributed by atoms with E-state index in [1.54, 1.807) is 0 Å². The highest BCUT2D eigenvalue weighted by Gasteiger charge is 2.43. The maximum absolute atomic E-state index is 12.4. The van der Waals surface area contributed by atoms with Gasteiger partial charge in [-0.25, -0.2) is 4.79 Å². The molecule has 2 N–H and O–H groups in total. The lowest BCUT2D eigenvalue weighted by molar-refractivity contribution is -0.124. The molecule has 1 saturated heterocycles. The minimum Gasteiger partial charge on any atom is -0.444 e. The van der Waals surface area contributed by atoms with Crippen LogP contribution in [0.15, 0.2) is 0 Å². The third kappa shape index (κ3) is 6.49. The van der Waals surface area contributed by atoms with Gasteiger partial charge >= 0.3 is 6.09 Å². The third-order valence-corrected chi connectivity index (χ3v) is 4.93. The summed E-state index contributed by atoms with van der Waals surface area (Å²) in [5, 5.41) is 15.1. The van der Waals surface area contributed by atoms with E-state index in [0.29, 0.717) is 19.0 Å². The van der Waals surface area contributed by atoms with Crippen LogP contribution in [0.25, 0.3) is 0 Å². The highest BCUT2D eigenvalue weighted by atomic mass is 16.6. The molecular weight excluding hydrogens is 332 g/mol. The quantitative estimate of drug-likeness (QED) is 0.752. The molecule has 7 heteroatoms. The van der Waals surface area contributed by atoms with Crippen LogP contribution in [0.3, 0.4) is 0 Å². The molecule has 2 amide bonds. The van der Waals surface area contributed by atoms with Crippen molar-refractivity contribution in [3.63, 3.8) is 0 Å². The van der Waals surface area contributed by atoms with Crippen LogP contribution in [-0.2, 0) is 9.53 Å². The van der Waals surface area contributed by atoms with Crippen LogP contribution >= 0.6 is 0 Å². The highest BCUT2D eigenvalue weighted by molar-refractivity contribution is 5.79. The van der Waals surface area contributed by atoms with E-state index in [2.05, 4.69) is 21.6 Å². The van der Waals surface area contributed by atoms with E-state index >= 15 is 0 Å². The Morgan fingerprint density at radius 1 is 1.23 bits per heavy atom. The summed E-state index contributed by atoms with van der Waals surface area (Å²) in [6, 6.07) is 2.26. The number of ether oxygens (including phenoxy) is 1. The van der Waals surface area contributed by atoms with Crippen molar-refractivity contribution in [2.45, 2.75) is 64.5 Å². The second-order valence-corrected chi connectivity index (χ2v) is 8.76. The van der Waals surface area contributed by atoms with Crippen LogP contribution < -0.4 is 10.6 Å². The van der Waals surface area contributed by atoms with Gasteiger partial charge < -0.3 is 15.4 Å². The number of carbonyl (C=O) groups excluding carboxylic acids is 2. The van der Waals surface area contributed by atoms with Crippen molar-refractivity contribution in [3.05, 3.63) is 0 Å². The van der Waals surface area contributed by atoms with Gasteiger partial charge in [0.25, 0.3) is 0 Å². The molecule has 0 bridgehead atoms. The molecule has 1 saturated carbocycles. The Morgan fingerprint density at radius 3 is 2.50 bits per heavy atom. The molecule has 2 aliphatic rings. The molecule has 7 nitrogen and oxygen atoms in total. The number of nitrogens with zero attached hydrogens (tertiary/aromatic N) is 2. The number of nitriles is 1. The average Bonchev–Trinajstić information content (AvgIpc) is 3.36. The van der Waals surface area contributed by atoms with Crippen molar-refractivity contribution in [2.24, 2.45) is 11.8 Å². The molecule has 0 aromatic carbocycles. The fourth-order valence-electron chi connectivity index (χ4n) is 3.42. The molecule has 2 rings (SSSR count). The van der Waals surface area contributed by atoms with Crippen LogP contribution in [0.2, 0.25) is 0 Å². The van der Waals surface area contributed by atoms with Gasteiger partial charge in [0.1, 0.15) is 11.1 Å². The van der Waals surface area contributed by atoms with Gasteiger partial charge in [0, 0.05) is 13.1 Å². The summed E-state index contributed by atoms with van der Waals surface area (Å²) in [6.45, 7) is 9.79. The first-order chi connectivity index (χ1) is 12.1. The fraction of sp³-hybridized carbons (Fsp3) is 0.842. The normalized spacial score (nSPS) is 23.4. The van der Waals surface area contributed by atoms with E-state index in [-0.39, 0.29) is 11.8 Å². The number of piperidine rings is 1. The summed E-state index contributed by atoms with van der Waals surface area (Å²) in [5.41, 5.74) is -1.25.